The second-order valence-electron chi connectivity index (χ2n) is 3.63. The van der Waals surface area contributed by atoms with E-state index in [9.17, 15) is 0 Å². The Kier molecular flexibility index (Phi) is 4.03. The van der Waals surface area contributed by atoms with Crippen LogP contribution in [0.2, 0.25) is 0 Å². The van der Waals surface area contributed by atoms with Gasteiger partial charge in [0.15, 0.2) is 11.6 Å². The lowest BCUT2D eigenvalue weighted by Crippen LogP contribution is -2.12. The van der Waals surface area contributed by atoms with Gasteiger partial charge in [0.05, 0.1) is 0 Å². The van der Waals surface area contributed by atoms with Crippen LogP contribution in [-0.4, -0.2) is 27.0 Å². The number of nitrogens with zero attached hydrogens (tertiary/aromatic N) is 3. The summed E-state index contributed by atoms with van der Waals surface area (Å²) in [5.74, 6) is 1.86. The van der Waals surface area contributed by atoms with Gasteiger partial charge in [0, 0.05) is 13.7 Å². The Morgan fingerprint density at radius 2 is 2.00 bits per heavy atom. The van der Waals surface area contributed by atoms with Gasteiger partial charge in [-0.15, -0.1) is 10.2 Å². The van der Waals surface area contributed by atoms with Crippen molar-refractivity contribution in [2.75, 3.05) is 7.11 Å². The monoisotopic (exact) mass is 199 g/mol. The topological polar surface area (TPSA) is 60.2 Å². The van der Waals surface area contributed by atoms with Crippen LogP contribution in [0.1, 0.15) is 25.5 Å². The first-order valence-electron chi connectivity index (χ1n) is 4.69. The van der Waals surface area contributed by atoms with E-state index in [2.05, 4.69) is 24.0 Å². The van der Waals surface area contributed by atoms with Crippen LogP contribution in [0.5, 0.6) is 0 Å². The Labute approximate surface area is 83.7 Å². The van der Waals surface area contributed by atoms with E-state index in [4.69, 9.17) is 9.84 Å². The van der Waals surface area contributed by atoms with Gasteiger partial charge in [0.2, 0.25) is 0 Å². The van der Waals surface area contributed by atoms with Crippen LogP contribution < -0.4 is 0 Å². The third kappa shape index (κ3) is 2.52. The van der Waals surface area contributed by atoms with Gasteiger partial charge in [-0.05, 0) is 5.92 Å². The highest BCUT2D eigenvalue weighted by Crippen LogP contribution is 2.07. The molecule has 14 heavy (non-hydrogen) atoms. The van der Waals surface area contributed by atoms with Crippen molar-refractivity contribution in [3.8, 4) is 0 Å². The Morgan fingerprint density at radius 1 is 1.36 bits per heavy atom. The molecule has 1 aromatic rings. The molecule has 1 N–H and O–H groups in total. The van der Waals surface area contributed by atoms with Crippen molar-refractivity contribution < 1.29 is 9.84 Å². The van der Waals surface area contributed by atoms with Gasteiger partial charge in [-0.2, -0.15) is 0 Å². The molecule has 0 aromatic carbocycles. The molecule has 1 heterocycles. The standard InChI is InChI=1S/C9H17N3O2/c1-7(2)4-12-8(5-13)10-11-9(12)6-14-3/h7,13H,4-6H2,1-3H3. The third-order valence-corrected chi connectivity index (χ3v) is 1.87. The highest BCUT2D eigenvalue weighted by Gasteiger charge is 2.11. The molecule has 0 aliphatic rings. The normalized spacial score (nSPS) is 11.2. The molecule has 1 aromatic heterocycles. The van der Waals surface area contributed by atoms with E-state index in [0.717, 1.165) is 12.4 Å². The largest absolute Gasteiger partial charge is 0.388 e. The van der Waals surface area contributed by atoms with E-state index < -0.39 is 0 Å². The molecule has 0 radical (unpaired) electrons. The predicted molar refractivity (Wildman–Crippen MR) is 51.5 cm³/mol. The molecule has 0 spiro atoms. The molecule has 0 aliphatic carbocycles. The lowest BCUT2D eigenvalue weighted by Gasteiger charge is -2.10. The molecule has 5 nitrogen and oxygen atoms in total. The fourth-order valence-electron chi connectivity index (χ4n) is 1.30. The Balaban J connectivity index is 2.87. The maximum Gasteiger partial charge on any atom is 0.159 e. The number of methoxy groups -OCH3 is 1. The van der Waals surface area contributed by atoms with Crippen molar-refractivity contribution in [2.45, 2.75) is 33.6 Å². The fourth-order valence-corrected chi connectivity index (χ4v) is 1.30. The van der Waals surface area contributed by atoms with Gasteiger partial charge in [0.1, 0.15) is 13.2 Å². The number of ether oxygens (including phenoxy) is 1. The van der Waals surface area contributed by atoms with E-state index in [-0.39, 0.29) is 6.61 Å². The van der Waals surface area contributed by atoms with Crippen molar-refractivity contribution >= 4 is 0 Å². The lowest BCUT2D eigenvalue weighted by atomic mass is 10.2. The van der Waals surface area contributed by atoms with E-state index in [0.29, 0.717) is 18.3 Å². The summed E-state index contributed by atoms with van der Waals surface area (Å²) in [6.07, 6.45) is 0. The summed E-state index contributed by atoms with van der Waals surface area (Å²) >= 11 is 0. The molecule has 0 atom stereocenters. The highest BCUT2D eigenvalue weighted by atomic mass is 16.5. The number of aliphatic hydroxyl groups is 1. The molecular formula is C9H17N3O2. The quantitative estimate of drug-likeness (QED) is 0.753. The van der Waals surface area contributed by atoms with Crippen LogP contribution in [0.25, 0.3) is 0 Å². The number of hydrogen-bond donors (Lipinski definition) is 1. The molecule has 80 valence electrons. The zero-order chi connectivity index (χ0) is 10.6. The second-order valence-corrected chi connectivity index (χ2v) is 3.63. The predicted octanol–water partition coefficient (Wildman–Crippen LogP) is 0.573. The van der Waals surface area contributed by atoms with Crippen molar-refractivity contribution in [1.82, 2.24) is 14.8 Å². The summed E-state index contributed by atoms with van der Waals surface area (Å²) < 4.78 is 6.91. The van der Waals surface area contributed by atoms with Crippen LogP contribution in [0.15, 0.2) is 0 Å². The van der Waals surface area contributed by atoms with Crippen molar-refractivity contribution in [3.63, 3.8) is 0 Å². The molecule has 0 unspecified atom stereocenters. The molecular weight excluding hydrogens is 182 g/mol. The summed E-state index contributed by atoms with van der Waals surface area (Å²) in [5, 5.41) is 16.9. The van der Waals surface area contributed by atoms with E-state index >= 15 is 0 Å². The molecule has 0 bridgehead atoms. The van der Waals surface area contributed by atoms with E-state index in [1.54, 1.807) is 7.11 Å². The Bertz CT molecular complexity index is 284. The van der Waals surface area contributed by atoms with Gasteiger partial charge in [0.25, 0.3) is 0 Å². The molecule has 1 rings (SSSR count). The van der Waals surface area contributed by atoms with Crippen LogP contribution in [-0.2, 0) is 24.5 Å². The smallest absolute Gasteiger partial charge is 0.159 e. The zero-order valence-corrected chi connectivity index (χ0v) is 8.90. The molecule has 0 amide bonds. The van der Waals surface area contributed by atoms with Gasteiger partial charge >= 0.3 is 0 Å². The van der Waals surface area contributed by atoms with Crippen molar-refractivity contribution in [2.24, 2.45) is 5.92 Å². The van der Waals surface area contributed by atoms with Gasteiger partial charge in [-0.1, -0.05) is 13.8 Å². The average Bonchev–Trinajstić information content (AvgIpc) is 2.48. The van der Waals surface area contributed by atoms with Gasteiger partial charge in [-0.25, -0.2) is 0 Å². The fraction of sp³-hybridized carbons (Fsp3) is 0.778. The van der Waals surface area contributed by atoms with Gasteiger partial charge in [-0.3, -0.25) is 0 Å². The summed E-state index contributed by atoms with van der Waals surface area (Å²) in [5.41, 5.74) is 0. The van der Waals surface area contributed by atoms with Crippen molar-refractivity contribution in [1.29, 1.82) is 0 Å². The lowest BCUT2D eigenvalue weighted by molar-refractivity contribution is 0.171. The summed E-state index contributed by atoms with van der Waals surface area (Å²) in [4.78, 5) is 0. The van der Waals surface area contributed by atoms with Gasteiger partial charge < -0.3 is 14.4 Å². The molecule has 0 aliphatic heterocycles. The molecule has 5 heteroatoms. The number of hydrogen-bond acceptors (Lipinski definition) is 4. The first-order valence-corrected chi connectivity index (χ1v) is 4.69. The Hall–Kier alpha value is -0.940. The Morgan fingerprint density at radius 3 is 2.50 bits per heavy atom. The molecule has 0 saturated carbocycles. The molecule has 0 fully saturated rings. The number of rotatable bonds is 5. The van der Waals surface area contributed by atoms with Crippen molar-refractivity contribution in [3.05, 3.63) is 11.6 Å². The average molecular weight is 199 g/mol. The first kappa shape index (κ1) is 11.1. The van der Waals surface area contributed by atoms with E-state index in [1.807, 2.05) is 4.57 Å². The minimum Gasteiger partial charge on any atom is -0.388 e. The second kappa shape index (κ2) is 5.07. The molecule has 0 saturated heterocycles. The highest BCUT2D eigenvalue weighted by molar-refractivity contribution is 4.93. The minimum atomic E-state index is -0.0799. The maximum atomic E-state index is 9.05. The summed E-state index contributed by atoms with van der Waals surface area (Å²) in [6.45, 7) is 5.38. The zero-order valence-electron chi connectivity index (χ0n) is 8.90. The number of aromatic nitrogens is 3. The first-order chi connectivity index (χ1) is 6.69. The summed E-state index contributed by atoms with van der Waals surface area (Å²) in [7, 11) is 1.62. The third-order valence-electron chi connectivity index (χ3n) is 1.87. The summed E-state index contributed by atoms with van der Waals surface area (Å²) in [6, 6.07) is 0. The SMILES string of the molecule is COCc1nnc(CO)n1CC(C)C. The van der Waals surface area contributed by atoms with Crippen LogP contribution in [0, 0.1) is 5.92 Å². The van der Waals surface area contributed by atoms with E-state index in [1.165, 1.54) is 0 Å². The minimum absolute atomic E-state index is 0.0799. The number of aliphatic hydroxyl groups excluding tert-OH is 1. The maximum absolute atomic E-state index is 9.05. The van der Waals surface area contributed by atoms with Crippen LogP contribution >= 0.6 is 0 Å². The van der Waals surface area contributed by atoms with Crippen LogP contribution in [0.3, 0.4) is 0 Å². The van der Waals surface area contributed by atoms with Crippen LogP contribution in [0.4, 0.5) is 0 Å².